The molecular weight excluding hydrogens is 252 g/mol. The van der Waals surface area contributed by atoms with Crippen LogP contribution in [-0.2, 0) is 4.79 Å². The molecule has 0 fully saturated rings. The summed E-state index contributed by atoms with van der Waals surface area (Å²) in [7, 11) is 0. The minimum absolute atomic E-state index is 0.295. The Morgan fingerprint density at radius 1 is 0.950 bits per heavy atom. The van der Waals surface area contributed by atoms with E-state index < -0.39 is 5.97 Å². The van der Waals surface area contributed by atoms with Gasteiger partial charge in [0.2, 0.25) is 0 Å². The lowest BCUT2D eigenvalue weighted by molar-refractivity contribution is -0.132. The Balaban J connectivity index is 2.11. The van der Waals surface area contributed by atoms with Crippen molar-refractivity contribution in [3.63, 3.8) is 0 Å². The average molecular weight is 266 g/mol. The van der Waals surface area contributed by atoms with Gasteiger partial charge in [0.15, 0.2) is 0 Å². The summed E-state index contributed by atoms with van der Waals surface area (Å²) in [5.74, 6) is -0.919. The first-order valence-electron chi connectivity index (χ1n) is 6.13. The van der Waals surface area contributed by atoms with Crippen molar-refractivity contribution in [3.8, 4) is 0 Å². The van der Waals surface area contributed by atoms with Gasteiger partial charge in [0.05, 0.1) is 11.4 Å². The molecule has 0 heterocycles. The van der Waals surface area contributed by atoms with Crippen molar-refractivity contribution < 1.29 is 9.90 Å². The summed E-state index contributed by atoms with van der Waals surface area (Å²) >= 11 is 0. The number of hydrogen-bond acceptors (Lipinski definition) is 3. The highest BCUT2D eigenvalue weighted by Gasteiger charge is 1.99. The molecule has 0 radical (unpaired) electrons. The largest absolute Gasteiger partial charge is 0.478 e. The Hall–Kier alpha value is -2.75. The number of carboxylic acids is 1. The van der Waals surface area contributed by atoms with Gasteiger partial charge in [-0.2, -0.15) is 10.2 Å². The van der Waals surface area contributed by atoms with Gasteiger partial charge in [-0.05, 0) is 42.8 Å². The minimum atomic E-state index is -0.919. The number of carbonyl (C=O) groups is 1. The molecule has 0 amide bonds. The molecule has 0 saturated heterocycles. The molecule has 2 aromatic rings. The number of rotatable bonds is 4. The van der Waals surface area contributed by atoms with Crippen LogP contribution in [-0.4, -0.2) is 11.1 Å². The third kappa shape index (κ3) is 3.88. The van der Waals surface area contributed by atoms with Crippen LogP contribution in [0.3, 0.4) is 0 Å². The molecule has 0 saturated carbocycles. The van der Waals surface area contributed by atoms with Crippen LogP contribution >= 0.6 is 0 Å². The molecule has 0 aliphatic carbocycles. The lowest BCUT2D eigenvalue weighted by Gasteiger charge is -1.97. The van der Waals surface area contributed by atoms with Crippen LogP contribution in [0, 0.1) is 0 Å². The molecule has 0 bridgehead atoms. The van der Waals surface area contributed by atoms with Gasteiger partial charge in [0, 0.05) is 5.57 Å². The highest BCUT2D eigenvalue weighted by atomic mass is 16.4. The van der Waals surface area contributed by atoms with Crippen LogP contribution in [0.25, 0.3) is 6.08 Å². The topological polar surface area (TPSA) is 62.0 Å². The van der Waals surface area contributed by atoms with E-state index in [9.17, 15) is 4.79 Å². The lowest BCUT2D eigenvalue weighted by Crippen LogP contribution is -1.95. The van der Waals surface area contributed by atoms with Crippen LogP contribution < -0.4 is 0 Å². The number of hydrogen-bond donors (Lipinski definition) is 1. The van der Waals surface area contributed by atoms with Gasteiger partial charge in [-0.25, -0.2) is 4.79 Å². The van der Waals surface area contributed by atoms with Crippen LogP contribution in [0.5, 0.6) is 0 Å². The van der Waals surface area contributed by atoms with Crippen LogP contribution in [0.4, 0.5) is 11.4 Å². The zero-order chi connectivity index (χ0) is 14.4. The maximum absolute atomic E-state index is 10.7. The highest BCUT2D eigenvalue weighted by molar-refractivity contribution is 5.91. The monoisotopic (exact) mass is 266 g/mol. The van der Waals surface area contributed by atoms with Crippen molar-refractivity contribution in [1.29, 1.82) is 0 Å². The van der Waals surface area contributed by atoms with E-state index in [1.165, 1.54) is 0 Å². The zero-order valence-electron chi connectivity index (χ0n) is 11.0. The van der Waals surface area contributed by atoms with E-state index in [-0.39, 0.29) is 0 Å². The van der Waals surface area contributed by atoms with Gasteiger partial charge in [-0.15, -0.1) is 0 Å². The first kappa shape index (κ1) is 13.7. The number of aliphatic carboxylic acids is 1. The molecule has 2 rings (SSSR count). The summed E-state index contributed by atoms with van der Waals surface area (Å²) < 4.78 is 0. The van der Waals surface area contributed by atoms with Crippen LogP contribution in [0.2, 0.25) is 0 Å². The molecule has 0 unspecified atom stereocenters. The predicted octanol–water partition coefficient (Wildman–Crippen LogP) is 4.59. The van der Waals surface area contributed by atoms with Crippen molar-refractivity contribution in [2.75, 3.05) is 0 Å². The molecule has 4 heteroatoms. The molecule has 4 nitrogen and oxygen atoms in total. The number of carboxylic acid groups (broad SMARTS) is 1. The Labute approximate surface area is 117 Å². The molecule has 100 valence electrons. The first-order valence-corrected chi connectivity index (χ1v) is 6.13. The number of nitrogens with zero attached hydrogens (tertiary/aromatic N) is 2. The molecule has 2 aromatic carbocycles. The SMILES string of the molecule is CC(=Cc1ccc(N=Nc2ccccc2)cc1)C(=O)O. The fraction of sp³-hybridized carbons (Fsp3) is 0.0625. The Bertz CT molecular complexity index is 644. The van der Waals surface area contributed by atoms with Crippen molar-refractivity contribution in [3.05, 3.63) is 65.7 Å². The molecule has 0 aromatic heterocycles. The van der Waals surface area contributed by atoms with Gasteiger partial charge >= 0.3 is 5.97 Å². The summed E-state index contributed by atoms with van der Waals surface area (Å²) in [6.45, 7) is 1.56. The Morgan fingerprint density at radius 3 is 2.05 bits per heavy atom. The second kappa shape index (κ2) is 6.43. The number of benzene rings is 2. The smallest absolute Gasteiger partial charge is 0.331 e. The van der Waals surface area contributed by atoms with E-state index in [4.69, 9.17) is 5.11 Å². The van der Waals surface area contributed by atoms with Gasteiger partial charge in [-0.3, -0.25) is 0 Å². The zero-order valence-corrected chi connectivity index (χ0v) is 11.0. The van der Waals surface area contributed by atoms with Gasteiger partial charge in [-0.1, -0.05) is 30.3 Å². The van der Waals surface area contributed by atoms with E-state index in [0.717, 1.165) is 16.9 Å². The van der Waals surface area contributed by atoms with E-state index in [2.05, 4.69) is 10.2 Å². The molecule has 1 N–H and O–H groups in total. The summed E-state index contributed by atoms with van der Waals surface area (Å²) in [6.07, 6.45) is 1.61. The maximum Gasteiger partial charge on any atom is 0.331 e. The summed E-state index contributed by atoms with van der Waals surface area (Å²) in [5.41, 5.74) is 2.63. The average Bonchev–Trinajstić information content (AvgIpc) is 2.47. The highest BCUT2D eigenvalue weighted by Crippen LogP contribution is 2.19. The third-order valence-electron chi connectivity index (χ3n) is 2.65. The van der Waals surface area contributed by atoms with E-state index in [1.54, 1.807) is 25.1 Å². The van der Waals surface area contributed by atoms with E-state index in [0.29, 0.717) is 5.57 Å². The fourth-order valence-electron chi connectivity index (χ4n) is 1.56. The summed E-state index contributed by atoms with van der Waals surface area (Å²) in [5, 5.41) is 17.0. The molecule has 0 aliphatic heterocycles. The van der Waals surface area contributed by atoms with E-state index >= 15 is 0 Å². The second-order valence-corrected chi connectivity index (χ2v) is 4.26. The number of azo groups is 1. The summed E-state index contributed by atoms with van der Waals surface area (Å²) in [6, 6.07) is 16.7. The molecule has 0 spiro atoms. The van der Waals surface area contributed by atoms with Crippen molar-refractivity contribution >= 4 is 23.4 Å². The molecular formula is C16H14N2O2. The summed E-state index contributed by atoms with van der Waals surface area (Å²) in [4.78, 5) is 10.7. The standard InChI is InChI=1S/C16H14N2O2/c1-12(16(19)20)11-13-7-9-15(10-8-13)18-17-14-5-3-2-4-6-14/h2-11H,1H3,(H,19,20). The first-order chi connectivity index (χ1) is 9.65. The molecule has 0 aliphatic rings. The maximum atomic E-state index is 10.7. The Kier molecular flexibility index (Phi) is 4.39. The van der Waals surface area contributed by atoms with Gasteiger partial charge in [0.1, 0.15) is 0 Å². The van der Waals surface area contributed by atoms with Crippen molar-refractivity contribution in [1.82, 2.24) is 0 Å². The van der Waals surface area contributed by atoms with Gasteiger partial charge in [0.25, 0.3) is 0 Å². The quantitative estimate of drug-likeness (QED) is 0.649. The Morgan fingerprint density at radius 2 is 1.50 bits per heavy atom. The van der Waals surface area contributed by atoms with E-state index in [1.807, 2.05) is 42.5 Å². The predicted molar refractivity (Wildman–Crippen MR) is 78.3 cm³/mol. The van der Waals surface area contributed by atoms with Crippen LogP contribution in [0.15, 0.2) is 70.4 Å². The fourth-order valence-corrected chi connectivity index (χ4v) is 1.56. The lowest BCUT2D eigenvalue weighted by atomic mass is 10.1. The molecule has 20 heavy (non-hydrogen) atoms. The van der Waals surface area contributed by atoms with Crippen molar-refractivity contribution in [2.24, 2.45) is 10.2 Å². The minimum Gasteiger partial charge on any atom is -0.478 e. The van der Waals surface area contributed by atoms with Gasteiger partial charge < -0.3 is 5.11 Å². The van der Waals surface area contributed by atoms with Crippen molar-refractivity contribution in [2.45, 2.75) is 6.92 Å². The normalized spacial score (nSPS) is 11.8. The third-order valence-corrected chi connectivity index (χ3v) is 2.65. The molecule has 0 atom stereocenters. The second-order valence-electron chi connectivity index (χ2n) is 4.26. The van der Waals surface area contributed by atoms with Crippen LogP contribution in [0.1, 0.15) is 12.5 Å².